The molecule has 0 spiro atoms. The van der Waals surface area contributed by atoms with Crippen LogP contribution in [0.5, 0.6) is 0 Å². The van der Waals surface area contributed by atoms with Crippen molar-refractivity contribution in [3.63, 3.8) is 0 Å². The molecule has 1 N–H and O–H groups in total. The molecule has 0 unspecified atom stereocenters. The third-order valence-corrected chi connectivity index (χ3v) is 3.01. The first-order valence-corrected chi connectivity index (χ1v) is 5.06. The summed E-state index contributed by atoms with van der Waals surface area (Å²) in [5.74, 6) is 0. The third kappa shape index (κ3) is 3.06. The van der Waals surface area contributed by atoms with E-state index in [9.17, 15) is 0 Å². The van der Waals surface area contributed by atoms with Gasteiger partial charge in [0.25, 0.3) is 0 Å². The van der Waals surface area contributed by atoms with Gasteiger partial charge in [-0.15, -0.1) is 11.3 Å². The molecule has 3 nitrogen and oxygen atoms in total. The van der Waals surface area contributed by atoms with Crippen LogP contribution >= 0.6 is 11.3 Å². The van der Waals surface area contributed by atoms with Crippen molar-refractivity contribution in [3.8, 4) is 0 Å². The van der Waals surface area contributed by atoms with Gasteiger partial charge >= 0.3 is 0 Å². The Morgan fingerprint density at radius 2 is 2.23 bits per heavy atom. The Kier molecular flexibility index (Phi) is 3.41. The van der Waals surface area contributed by atoms with E-state index in [1.54, 1.807) is 18.4 Å². The molecule has 1 aromatic heterocycles. The highest BCUT2D eigenvalue weighted by Crippen LogP contribution is 2.26. The van der Waals surface area contributed by atoms with Crippen molar-refractivity contribution in [1.82, 2.24) is 10.5 Å². The van der Waals surface area contributed by atoms with Crippen molar-refractivity contribution < 1.29 is 4.84 Å². The molecule has 0 amide bonds. The summed E-state index contributed by atoms with van der Waals surface area (Å²) in [6, 6.07) is 0. The van der Waals surface area contributed by atoms with Gasteiger partial charge in [-0.05, 0) is 0 Å². The second-order valence-electron chi connectivity index (χ2n) is 3.91. The van der Waals surface area contributed by atoms with Gasteiger partial charge < -0.3 is 4.84 Å². The molecule has 0 fully saturated rings. The fraction of sp³-hybridized carbons (Fsp3) is 0.667. The normalized spacial score (nSPS) is 12.0. The quantitative estimate of drug-likeness (QED) is 0.759. The number of rotatable bonds is 3. The molecule has 13 heavy (non-hydrogen) atoms. The van der Waals surface area contributed by atoms with Crippen molar-refractivity contribution in [2.24, 2.45) is 0 Å². The van der Waals surface area contributed by atoms with E-state index < -0.39 is 0 Å². The molecule has 0 aliphatic rings. The smallest absolute Gasteiger partial charge is 0.0981 e. The summed E-state index contributed by atoms with van der Waals surface area (Å²) in [6.07, 6.45) is 1.90. The van der Waals surface area contributed by atoms with Crippen LogP contribution in [0.25, 0.3) is 0 Å². The van der Waals surface area contributed by atoms with Crippen LogP contribution in [-0.2, 0) is 16.8 Å². The van der Waals surface area contributed by atoms with Gasteiger partial charge in [-0.1, -0.05) is 20.8 Å². The number of nitrogens with zero attached hydrogens (tertiary/aromatic N) is 1. The Morgan fingerprint density at radius 1 is 1.54 bits per heavy atom. The number of hydrogen-bond acceptors (Lipinski definition) is 4. The van der Waals surface area contributed by atoms with Crippen LogP contribution < -0.4 is 5.48 Å². The lowest BCUT2D eigenvalue weighted by Crippen LogP contribution is -2.10. The Labute approximate surface area is 83.1 Å². The number of aromatic nitrogens is 1. The first-order valence-electron chi connectivity index (χ1n) is 4.25. The van der Waals surface area contributed by atoms with E-state index in [2.05, 4.69) is 31.2 Å². The van der Waals surface area contributed by atoms with Gasteiger partial charge in [0.15, 0.2) is 0 Å². The molecule has 1 heterocycles. The van der Waals surface area contributed by atoms with E-state index in [-0.39, 0.29) is 5.41 Å². The average molecular weight is 200 g/mol. The molecular formula is C9H16N2OS. The summed E-state index contributed by atoms with van der Waals surface area (Å²) in [7, 11) is 1.62. The van der Waals surface area contributed by atoms with Gasteiger partial charge in [-0.2, -0.15) is 5.48 Å². The molecule has 1 aromatic rings. The predicted octanol–water partition coefficient (Wildman–Crippen LogP) is 2.09. The Hall–Kier alpha value is -0.450. The van der Waals surface area contributed by atoms with Gasteiger partial charge in [0, 0.05) is 16.5 Å². The van der Waals surface area contributed by atoms with E-state index in [4.69, 9.17) is 4.84 Å². The predicted molar refractivity (Wildman–Crippen MR) is 54.7 cm³/mol. The minimum Gasteiger partial charge on any atom is -0.305 e. The molecule has 74 valence electrons. The van der Waals surface area contributed by atoms with Gasteiger partial charge in [-0.3, -0.25) is 0 Å². The summed E-state index contributed by atoms with van der Waals surface area (Å²) in [4.78, 5) is 10.3. The first-order chi connectivity index (χ1) is 6.04. The highest BCUT2D eigenvalue weighted by atomic mass is 32.1. The van der Waals surface area contributed by atoms with Crippen LogP contribution in [0.2, 0.25) is 0 Å². The SMILES string of the molecule is CONCc1cnc(C(C)(C)C)s1. The van der Waals surface area contributed by atoms with Crippen LogP contribution in [0.1, 0.15) is 30.7 Å². The molecule has 1 rings (SSSR count). The largest absolute Gasteiger partial charge is 0.305 e. The fourth-order valence-electron chi connectivity index (χ4n) is 0.879. The second-order valence-corrected chi connectivity index (χ2v) is 5.02. The van der Waals surface area contributed by atoms with Crippen LogP contribution in [0.4, 0.5) is 0 Å². The maximum absolute atomic E-state index is 4.77. The van der Waals surface area contributed by atoms with E-state index in [0.717, 1.165) is 6.54 Å². The zero-order valence-corrected chi connectivity index (χ0v) is 9.36. The fourth-order valence-corrected chi connectivity index (χ4v) is 1.78. The molecule has 0 aliphatic carbocycles. The molecule has 0 saturated heterocycles. The van der Waals surface area contributed by atoms with Gasteiger partial charge in [0.05, 0.1) is 18.7 Å². The standard InChI is InChI=1S/C9H16N2OS/c1-9(2,3)8-10-5-7(13-8)6-11-12-4/h5,11H,6H2,1-4H3. The zero-order chi connectivity index (χ0) is 9.90. The highest BCUT2D eigenvalue weighted by molar-refractivity contribution is 7.11. The number of nitrogens with one attached hydrogen (secondary N) is 1. The molecule has 0 atom stereocenters. The van der Waals surface area contributed by atoms with E-state index in [0.29, 0.717) is 0 Å². The molecule has 0 saturated carbocycles. The van der Waals surface area contributed by atoms with Crippen LogP contribution in [0.3, 0.4) is 0 Å². The lowest BCUT2D eigenvalue weighted by atomic mass is 9.98. The minimum absolute atomic E-state index is 0.149. The Morgan fingerprint density at radius 3 is 2.69 bits per heavy atom. The van der Waals surface area contributed by atoms with E-state index >= 15 is 0 Å². The minimum atomic E-state index is 0.149. The average Bonchev–Trinajstić information content (AvgIpc) is 2.47. The first kappa shape index (κ1) is 10.6. The van der Waals surface area contributed by atoms with Crippen molar-refractivity contribution in [2.75, 3.05) is 7.11 Å². The maximum Gasteiger partial charge on any atom is 0.0981 e. The molecule has 0 radical (unpaired) electrons. The number of hydrogen-bond donors (Lipinski definition) is 1. The van der Waals surface area contributed by atoms with Crippen LogP contribution in [0, 0.1) is 0 Å². The Balaban J connectivity index is 2.64. The van der Waals surface area contributed by atoms with E-state index in [1.807, 2.05) is 6.20 Å². The lowest BCUT2D eigenvalue weighted by Gasteiger charge is -2.13. The molecule has 4 heteroatoms. The van der Waals surface area contributed by atoms with Crippen molar-refractivity contribution in [1.29, 1.82) is 0 Å². The van der Waals surface area contributed by atoms with Gasteiger partial charge in [0.2, 0.25) is 0 Å². The highest BCUT2D eigenvalue weighted by Gasteiger charge is 2.17. The van der Waals surface area contributed by atoms with Crippen molar-refractivity contribution >= 4 is 11.3 Å². The van der Waals surface area contributed by atoms with E-state index in [1.165, 1.54) is 9.88 Å². The topological polar surface area (TPSA) is 34.1 Å². The second kappa shape index (κ2) is 4.17. The number of hydroxylamine groups is 1. The summed E-state index contributed by atoms with van der Waals surface area (Å²) in [5.41, 5.74) is 2.95. The summed E-state index contributed by atoms with van der Waals surface area (Å²) >= 11 is 1.73. The maximum atomic E-state index is 4.77. The Bertz CT molecular complexity index is 265. The summed E-state index contributed by atoms with van der Waals surface area (Å²) in [5, 5.41) is 1.17. The van der Waals surface area contributed by atoms with Crippen molar-refractivity contribution in [2.45, 2.75) is 32.7 Å². The molecule has 0 aliphatic heterocycles. The number of thiazole rings is 1. The van der Waals surface area contributed by atoms with Gasteiger partial charge in [0.1, 0.15) is 0 Å². The summed E-state index contributed by atoms with van der Waals surface area (Å²) in [6.45, 7) is 7.22. The zero-order valence-electron chi connectivity index (χ0n) is 8.55. The molecular weight excluding hydrogens is 184 g/mol. The molecule has 0 bridgehead atoms. The monoisotopic (exact) mass is 200 g/mol. The molecule has 0 aromatic carbocycles. The van der Waals surface area contributed by atoms with Crippen LogP contribution in [0.15, 0.2) is 6.20 Å². The lowest BCUT2D eigenvalue weighted by molar-refractivity contribution is 0.0874. The summed E-state index contributed by atoms with van der Waals surface area (Å²) < 4.78 is 0. The van der Waals surface area contributed by atoms with Crippen LogP contribution in [-0.4, -0.2) is 12.1 Å². The third-order valence-electron chi connectivity index (χ3n) is 1.59. The van der Waals surface area contributed by atoms with Gasteiger partial charge in [-0.25, -0.2) is 4.98 Å². The van der Waals surface area contributed by atoms with Crippen molar-refractivity contribution in [3.05, 3.63) is 16.1 Å².